The summed E-state index contributed by atoms with van der Waals surface area (Å²) in [6.07, 6.45) is -2.70. The van der Waals surface area contributed by atoms with Crippen LogP contribution in [0.25, 0.3) is 0 Å². The molecule has 0 atom stereocenters. The lowest BCUT2D eigenvalue weighted by atomic mass is 10.2. The first-order valence-corrected chi connectivity index (χ1v) is 8.02. The number of carbonyl (C=O) groups excluding carboxylic acids is 1. The lowest BCUT2D eigenvalue weighted by Crippen LogP contribution is -2.32. The summed E-state index contributed by atoms with van der Waals surface area (Å²) in [5, 5.41) is 0. The van der Waals surface area contributed by atoms with Crippen molar-refractivity contribution in [2.45, 2.75) is 17.5 Å². The van der Waals surface area contributed by atoms with Gasteiger partial charge in [0.05, 0.1) is 11.3 Å². The Kier molecular flexibility index (Phi) is 4.30. The highest BCUT2D eigenvalue weighted by atomic mass is 32.2. The summed E-state index contributed by atoms with van der Waals surface area (Å²) in [4.78, 5) is 18.6. The highest BCUT2D eigenvalue weighted by Gasteiger charge is 2.32. The normalized spacial score (nSPS) is 15.0. The second-order valence-corrected chi connectivity index (χ2v) is 6.19. The first-order valence-electron chi connectivity index (χ1n) is 7.04. The maximum Gasteiger partial charge on any atom is 0.433 e. The van der Waals surface area contributed by atoms with Crippen molar-refractivity contribution in [2.24, 2.45) is 0 Å². The van der Waals surface area contributed by atoms with Crippen LogP contribution in [0.1, 0.15) is 22.5 Å². The fourth-order valence-corrected chi connectivity index (χ4v) is 3.38. The molecule has 0 spiro atoms. The molecule has 0 aliphatic carbocycles. The van der Waals surface area contributed by atoms with Crippen molar-refractivity contribution in [3.8, 4) is 0 Å². The second kappa shape index (κ2) is 6.23. The maximum atomic E-state index is 12.7. The smallest absolute Gasteiger partial charge is 0.307 e. The van der Waals surface area contributed by atoms with E-state index in [2.05, 4.69) is 4.98 Å². The number of rotatable bonds is 1. The molecule has 1 aliphatic rings. The summed E-state index contributed by atoms with van der Waals surface area (Å²) in [5.74, 6) is 0.563. The van der Waals surface area contributed by atoms with Crippen LogP contribution in [0.2, 0.25) is 0 Å². The van der Waals surface area contributed by atoms with Crippen LogP contribution < -0.4 is 4.90 Å². The van der Waals surface area contributed by atoms with Crippen LogP contribution >= 0.6 is 11.8 Å². The van der Waals surface area contributed by atoms with E-state index in [0.29, 0.717) is 6.54 Å². The average molecular weight is 338 g/mol. The number of pyridine rings is 1. The monoisotopic (exact) mass is 338 g/mol. The fourth-order valence-electron chi connectivity index (χ4n) is 2.38. The number of alkyl halides is 3. The van der Waals surface area contributed by atoms with Crippen molar-refractivity contribution < 1.29 is 18.0 Å². The number of halogens is 3. The Labute approximate surface area is 135 Å². The van der Waals surface area contributed by atoms with Crippen LogP contribution in [0, 0.1) is 0 Å². The number of anilines is 1. The van der Waals surface area contributed by atoms with Crippen LogP contribution in [-0.4, -0.2) is 23.2 Å². The first kappa shape index (κ1) is 15.9. The molecule has 0 unspecified atom stereocenters. The minimum atomic E-state index is -4.51. The molecule has 3 nitrogen and oxygen atoms in total. The minimum Gasteiger partial charge on any atom is -0.307 e. The summed E-state index contributed by atoms with van der Waals surface area (Å²) < 4.78 is 37.7. The molecule has 0 fully saturated rings. The summed E-state index contributed by atoms with van der Waals surface area (Å²) in [6.45, 7) is 0.532. The van der Waals surface area contributed by atoms with Gasteiger partial charge >= 0.3 is 6.18 Å². The molecule has 0 saturated carbocycles. The Balaban J connectivity index is 1.91. The lowest BCUT2D eigenvalue weighted by molar-refractivity contribution is -0.141. The van der Waals surface area contributed by atoms with Gasteiger partial charge in [-0.25, -0.2) is 0 Å². The number of para-hydroxylation sites is 1. The Morgan fingerprint density at radius 3 is 2.65 bits per heavy atom. The van der Waals surface area contributed by atoms with Crippen LogP contribution in [0.4, 0.5) is 18.9 Å². The number of nitrogens with zero attached hydrogens (tertiary/aromatic N) is 2. The van der Waals surface area contributed by atoms with E-state index in [4.69, 9.17) is 0 Å². The zero-order valence-corrected chi connectivity index (χ0v) is 12.8. The molecular weight excluding hydrogens is 325 g/mol. The van der Waals surface area contributed by atoms with E-state index in [1.807, 2.05) is 24.3 Å². The van der Waals surface area contributed by atoms with Gasteiger partial charge in [-0.2, -0.15) is 13.2 Å². The van der Waals surface area contributed by atoms with Gasteiger partial charge < -0.3 is 4.90 Å². The van der Waals surface area contributed by atoms with Crippen molar-refractivity contribution >= 4 is 23.4 Å². The van der Waals surface area contributed by atoms with E-state index in [-0.39, 0.29) is 11.5 Å². The van der Waals surface area contributed by atoms with Gasteiger partial charge in [0.2, 0.25) is 0 Å². The largest absolute Gasteiger partial charge is 0.433 e. The highest BCUT2D eigenvalue weighted by molar-refractivity contribution is 7.99. The summed E-state index contributed by atoms with van der Waals surface area (Å²) in [7, 11) is 0. The predicted molar refractivity (Wildman–Crippen MR) is 82.7 cm³/mol. The van der Waals surface area contributed by atoms with Crippen molar-refractivity contribution in [3.05, 3.63) is 53.9 Å². The molecule has 120 valence electrons. The molecule has 23 heavy (non-hydrogen) atoms. The van der Waals surface area contributed by atoms with Gasteiger partial charge in [-0.1, -0.05) is 12.1 Å². The van der Waals surface area contributed by atoms with Crippen molar-refractivity contribution in [3.63, 3.8) is 0 Å². The van der Waals surface area contributed by atoms with E-state index in [1.54, 1.807) is 16.7 Å². The van der Waals surface area contributed by atoms with Gasteiger partial charge in [0.25, 0.3) is 5.91 Å². The Morgan fingerprint density at radius 2 is 1.96 bits per heavy atom. The number of hydrogen-bond acceptors (Lipinski definition) is 3. The topological polar surface area (TPSA) is 33.2 Å². The fraction of sp³-hybridized carbons (Fsp3) is 0.250. The molecule has 0 radical (unpaired) electrons. The number of amides is 1. The first-order chi connectivity index (χ1) is 11.0. The van der Waals surface area contributed by atoms with Gasteiger partial charge in [0.1, 0.15) is 5.69 Å². The molecule has 1 aromatic heterocycles. The number of benzene rings is 1. The quantitative estimate of drug-likeness (QED) is 0.780. The van der Waals surface area contributed by atoms with E-state index in [1.165, 1.54) is 6.07 Å². The van der Waals surface area contributed by atoms with Crippen molar-refractivity contribution in [1.82, 2.24) is 4.98 Å². The number of carbonyl (C=O) groups is 1. The molecule has 1 amide bonds. The molecular formula is C16H13F3N2OS. The van der Waals surface area contributed by atoms with E-state index in [9.17, 15) is 18.0 Å². The second-order valence-electron chi connectivity index (χ2n) is 5.06. The Hall–Kier alpha value is -2.02. The molecule has 2 heterocycles. The Bertz CT molecular complexity index is 716. The maximum absolute atomic E-state index is 12.7. The SMILES string of the molecule is O=C(c1ccc(C(F)(F)F)nc1)N1CCCSc2ccccc21. The van der Waals surface area contributed by atoms with Gasteiger partial charge in [0.15, 0.2) is 0 Å². The van der Waals surface area contributed by atoms with E-state index >= 15 is 0 Å². The molecule has 3 rings (SSSR count). The van der Waals surface area contributed by atoms with E-state index < -0.39 is 11.9 Å². The van der Waals surface area contributed by atoms with Gasteiger partial charge in [-0.15, -0.1) is 11.8 Å². The third-order valence-electron chi connectivity index (χ3n) is 3.49. The standard InChI is InChI=1S/C16H13F3N2OS/c17-16(18,19)14-7-6-11(10-20-14)15(22)21-8-3-9-23-13-5-2-1-4-12(13)21/h1-2,4-7,10H,3,8-9H2. The number of aromatic nitrogens is 1. The van der Waals surface area contributed by atoms with Crippen LogP contribution in [0.15, 0.2) is 47.5 Å². The van der Waals surface area contributed by atoms with Crippen LogP contribution in [0.5, 0.6) is 0 Å². The third-order valence-corrected chi connectivity index (χ3v) is 4.63. The van der Waals surface area contributed by atoms with Gasteiger partial charge in [-0.05, 0) is 36.4 Å². The zero-order valence-electron chi connectivity index (χ0n) is 12.0. The molecule has 0 N–H and O–H groups in total. The summed E-state index contributed by atoms with van der Waals surface area (Å²) in [5.41, 5.74) is -0.0551. The number of hydrogen-bond donors (Lipinski definition) is 0. The zero-order chi connectivity index (χ0) is 16.4. The lowest BCUT2D eigenvalue weighted by Gasteiger charge is -2.22. The molecule has 2 aromatic rings. The van der Waals surface area contributed by atoms with Crippen LogP contribution in [-0.2, 0) is 6.18 Å². The van der Waals surface area contributed by atoms with Crippen molar-refractivity contribution in [1.29, 1.82) is 0 Å². The van der Waals surface area contributed by atoms with Gasteiger partial charge in [0, 0.05) is 17.6 Å². The molecule has 0 saturated heterocycles. The van der Waals surface area contributed by atoms with Crippen LogP contribution in [0.3, 0.4) is 0 Å². The minimum absolute atomic E-state index is 0.153. The molecule has 0 bridgehead atoms. The molecule has 1 aromatic carbocycles. The summed E-state index contributed by atoms with van der Waals surface area (Å²) >= 11 is 1.67. The average Bonchev–Trinajstić information content (AvgIpc) is 2.76. The molecule has 1 aliphatic heterocycles. The summed E-state index contributed by atoms with van der Waals surface area (Å²) in [6, 6.07) is 9.56. The van der Waals surface area contributed by atoms with Crippen molar-refractivity contribution in [2.75, 3.05) is 17.2 Å². The number of thioether (sulfide) groups is 1. The Morgan fingerprint density at radius 1 is 1.17 bits per heavy atom. The van der Waals surface area contributed by atoms with Gasteiger partial charge in [-0.3, -0.25) is 9.78 Å². The highest BCUT2D eigenvalue weighted by Crippen LogP contribution is 2.34. The third kappa shape index (κ3) is 3.34. The predicted octanol–water partition coefficient (Wildman–Crippen LogP) is 4.24. The molecule has 7 heteroatoms. The number of fused-ring (bicyclic) bond motifs is 1. The van der Waals surface area contributed by atoms with E-state index in [0.717, 1.165) is 35.0 Å².